The predicted molar refractivity (Wildman–Crippen MR) is 104 cm³/mol. The van der Waals surface area contributed by atoms with Gasteiger partial charge in [0.05, 0.1) is 37.3 Å². The van der Waals surface area contributed by atoms with Gasteiger partial charge in [0.25, 0.3) is 0 Å². The lowest BCUT2D eigenvalue weighted by Gasteiger charge is -2.35. The smallest absolute Gasteiger partial charge is 0.156 e. The first-order valence-corrected chi connectivity index (χ1v) is 12.3. The summed E-state index contributed by atoms with van der Waals surface area (Å²) in [5, 5.41) is 1.29. The highest BCUT2D eigenvalue weighted by molar-refractivity contribution is 7.91. The Morgan fingerprint density at radius 2 is 1.96 bits per heavy atom. The van der Waals surface area contributed by atoms with Crippen LogP contribution in [-0.2, 0) is 22.7 Å². The molecule has 1 atom stereocenters. The molecule has 0 bridgehead atoms. The van der Waals surface area contributed by atoms with E-state index < -0.39 is 9.84 Å². The van der Waals surface area contributed by atoms with Crippen molar-refractivity contribution >= 4 is 37.2 Å². The van der Waals surface area contributed by atoms with Gasteiger partial charge in [0, 0.05) is 11.3 Å². The molecule has 1 aliphatic carbocycles. The predicted octanol–water partition coefficient (Wildman–Crippen LogP) is 0.462. The Labute approximate surface area is 158 Å². The highest BCUT2D eigenvalue weighted by Gasteiger charge is 2.37. The quantitative estimate of drug-likeness (QED) is 0.803. The molecule has 6 nitrogen and oxygen atoms in total. The van der Waals surface area contributed by atoms with Crippen molar-refractivity contribution in [2.24, 2.45) is 0 Å². The average Bonchev–Trinajstić information content (AvgIpc) is 3.21. The molecule has 26 heavy (non-hydrogen) atoms. The Bertz CT molecular complexity index is 932. The van der Waals surface area contributed by atoms with Crippen LogP contribution in [0.25, 0.3) is 10.2 Å². The molecule has 0 unspecified atom stereocenters. The second-order valence-corrected chi connectivity index (χ2v) is 11.1. The van der Waals surface area contributed by atoms with E-state index in [-0.39, 0.29) is 0 Å². The molecule has 2 saturated heterocycles. The van der Waals surface area contributed by atoms with Gasteiger partial charge < -0.3 is 9.80 Å². The lowest BCUT2D eigenvalue weighted by Crippen LogP contribution is -3.18. The van der Waals surface area contributed by atoms with Gasteiger partial charge in [0.15, 0.2) is 9.84 Å². The molecule has 2 fully saturated rings. The third-order valence-electron chi connectivity index (χ3n) is 6.25. The normalized spacial score (nSPS) is 26.3. The maximum absolute atomic E-state index is 11.8. The summed E-state index contributed by atoms with van der Waals surface area (Å²) in [6.45, 7) is 3.89. The van der Waals surface area contributed by atoms with E-state index in [0.717, 1.165) is 49.7 Å². The lowest BCUT2D eigenvalue weighted by molar-refractivity contribution is -0.922. The van der Waals surface area contributed by atoms with Crippen LogP contribution in [0, 0.1) is 0 Å². The van der Waals surface area contributed by atoms with E-state index in [0.29, 0.717) is 17.5 Å². The molecule has 3 aliphatic rings. The Morgan fingerprint density at radius 3 is 2.73 bits per heavy atom. The molecular weight excluding hydrogens is 368 g/mol. The number of hydrogen-bond donors (Lipinski definition) is 1. The maximum atomic E-state index is 11.8. The van der Waals surface area contributed by atoms with Crippen molar-refractivity contribution in [2.75, 3.05) is 42.6 Å². The molecular formula is C18H25N4O2S2+. The minimum Gasteiger partial charge on any atom is -0.345 e. The highest BCUT2D eigenvalue weighted by Crippen LogP contribution is 2.39. The number of sulfone groups is 1. The summed E-state index contributed by atoms with van der Waals surface area (Å²) in [5.74, 6) is 1.85. The Balaban J connectivity index is 1.38. The molecule has 2 aliphatic heterocycles. The number of rotatable bonds is 2. The van der Waals surface area contributed by atoms with Gasteiger partial charge in [-0.15, -0.1) is 11.3 Å². The number of aryl methyl sites for hydroxylation is 2. The van der Waals surface area contributed by atoms with Gasteiger partial charge in [-0.1, -0.05) is 0 Å². The summed E-state index contributed by atoms with van der Waals surface area (Å²) in [4.78, 5) is 15.7. The zero-order valence-corrected chi connectivity index (χ0v) is 16.5. The molecule has 0 spiro atoms. The number of aromatic nitrogens is 2. The maximum Gasteiger partial charge on any atom is 0.156 e. The first-order chi connectivity index (χ1) is 12.6. The summed E-state index contributed by atoms with van der Waals surface area (Å²) in [6, 6.07) is 0.293. The van der Waals surface area contributed by atoms with Gasteiger partial charge in [0.1, 0.15) is 28.8 Å². The largest absolute Gasteiger partial charge is 0.345 e. The highest BCUT2D eigenvalue weighted by atomic mass is 32.2. The SMILES string of the molecule is O=S1(=O)CC[C@@H]([NH+]2CCN(c3ncnc4sc5c(c34)CCCC5)CC2)C1. The first-order valence-electron chi connectivity index (χ1n) is 9.66. The van der Waals surface area contributed by atoms with Gasteiger partial charge in [-0.25, -0.2) is 18.4 Å². The molecule has 0 saturated carbocycles. The summed E-state index contributed by atoms with van der Waals surface area (Å²) < 4.78 is 23.6. The third kappa shape index (κ3) is 2.92. The van der Waals surface area contributed by atoms with E-state index in [4.69, 9.17) is 0 Å². The summed E-state index contributed by atoms with van der Waals surface area (Å²) >= 11 is 1.85. The van der Waals surface area contributed by atoms with Gasteiger partial charge >= 0.3 is 0 Å². The summed E-state index contributed by atoms with van der Waals surface area (Å²) in [6.07, 6.45) is 7.43. The Morgan fingerprint density at radius 1 is 1.15 bits per heavy atom. The van der Waals surface area contributed by atoms with Crippen molar-refractivity contribution in [2.45, 2.75) is 38.1 Å². The van der Waals surface area contributed by atoms with Crippen LogP contribution in [-0.4, -0.2) is 62.1 Å². The van der Waals surface area contributed by atoms with E-state index in [9.17, 15) is 8.42 Å². The molecule has 0 aromatic carbocycles. The van der Waals surface area contributed by atoms with Crippen LogP contribution in [0.5, 0.6) is 0 Å². The number of quaternary nitrogens is 1. The zero-order chi connectivity index (χ0) is 17.7. The van der Waals surface area contributed by atoms with Crippen LogP contribution in [0.15, 0.2) is 6.33 Å². The number of nitrogens with zero attached hydrogens (tertiary/aromatic N) is 3. The van der Waals surface area contributed by atoms with Crippen molar-refractivity contribution < 1.29 is 13.3 Å². The Kier molecular flexibility index (Phi) is 4.17. The van der Waals surface area contributed by atoms with Crippen LogP contribution < -0.4 is 9.80 Å². The van der Waals surface area contributed by atoms with Crippen LogP contribution in [0.3, 0.4) is 0 Å². The van der Waals surface area contributed by atoms with Crippen LogP contribution in [0.2, 0.25) is 0 Å². The minimum atomic E-state index is -2.80. The van der Waals surface area contributed by atoms with Gasteiger partial charge in [-0.2, -0.15) is 0 Å². The molecule has 2 aromatic heterocycles. The van der Waals surface area contributed by atoms with Gasteiger partial charge in [-0.3, -0.25) is 0 Å². The number of anilines is 1. The van der Waals surface area contributed by atoms with Crippen LogP contribution in [0.4, 0.5) is 5.82 Å². The van der Waals surface area contributed by atoms with Crippen molar-refractivity contribution in [1.82, 2.24) is 9.97 Å². The van der Waals surface area contributed by atoms with Crippen LogP contribution >= 0.6 is 11.3 Å². The molecule has 2 aromatic rings. The number of hydrogen-bond acceptors (Lipinski definition) is 6. The fraction of sp³-hybridized carbons (Fsp3) is 0.667. The van der Waals surface area contributed by atoms with Crippen molar-refractivity contribution in [3.8, 4) is 0 Å². The second-order valence-electron chi connectivity index (χ2n) is 7.83. The summed E-state index contributed by atoms with van der Waals surface area (Å²) in [5.41, 5.74) is 1.49. The molecule has 5 rings (SSSR count). The number of thiophene rings is 1. The first kappa shape index (κ1) is 16.9. The van der Waals surface area contributed by atoms with E-state index in [1.807, 2.05) is 11.3 Å². The van der Waals surface area contributed by atoms with E-state index in [2.05, 4.69) is 14.9 Å². The van der Waals surface area contributed by atoms with Crippen molar-refractivity contribution in [3.05, 3.63) is 16.8 Å². The van der Waals surface area contributed by atoms with E-state index in [1.165, 1.54) is 40.0 Å². The molecule has 4 heterocycles. The van der Waals surface area contributed by atoms with Gasteiger partial charge in [-0.05, 0) is 31.2 Å². The monoisotopic (exact) mass is 393 g/mol. The molecule has 0 radical (unpaired) electrons. The topological polar surface area (TPSA) is 67.6 Å². The van der Waals surface area contributed by atoms with E-state index in [1.54, 1.807) is 6.33 Å². The second kappa shape index (κ2) is 6.42. The molecule has 140 valence electrons. The Hall–Kier alpha value is -1.25. The number of nitrogens with one attached hydrogen (secondary N) is 1. The van der Waals surface area contributed by atoms with Crippen molar-refractivity contribution in [3.63, 3.8) is 0 Å². The van der Waals surface area contributed by atoms with Crippen molar-refractivity contribution in [1.29, 1.82) is 0 Å². The summed E-state index contributed by atoms with van der Waals surface area (Å²) in [7, 11) is -2.80. The lowest BCUT2D eigenvalue weighted by atomic mass is 9.97. The third-order valence-corrected chi connectivity index (χ3v) is 9.21. The zero-order valence-electron chi connectivity index (χ0n) is 14.9. The van der Waals surface area contributed by atoms with Crippen LogP contribution in [0.1, 0.15) is 29.7 Å². The fourth-order valence-electron chi connectivity index (χ4n) is 4.84. The fourth-order valence-corrected chi connectivity index (χ4v) is 7.89. The van der Waals surface area contributed by atoms with Gasteiger partial charge in [0.2, 0.25) is 0 Å². The molecule has 1 N–H and O–H groups in total. The minimum absolute atomic E-state index is 0.293. The number of piperazine rings is 1. The molecule has 0 amide bonds. The standard InChI is InChI=1S/C18H24N4O2S2/c23-26(24)10-5-13(11-26)21-6-8-22(9-7-21)17-16-14-3-1-2-4-15(14)25-18(16)20-12-19-17/h12-13H,1-11H2/p+1/t13-/m1/s1. The average molecular weight is 394 g/mol. The van der Waals surface area contributed by atoms with E-state index >= 15 is 0 Å². The molecule has 8 heteroatoms. The number of fused-ring (bicyclic) bond motifs is 3.